The Bertz CT molecular complexity index is 1620. The van der Waals surface area contributed by atoms with Crippen molar-refractivity contribution in [1.82, 2.24) is 9.71 Å². The van der Waals surface area contributed by atoms with E-state index < -0.39 is 22.2 Å². The van der Waals surface area contributed by atoms with Crippen molar-refractivity contribution >= 4 is 21.6 Å². The van der Waals surface area contributed by atoms with E-state index in [2.05, 4.69) is 9.71 Å². The average Bonchev–Trinajstić information content (AvgIpc) is 3.28. The second-order valence-corrected chi connectivity index (χ2v) is 12.2. The van der Waals surface area contributed by atoms with E-state index in [0.29, 0.717) is 30.5 Å². The van der Waals surface area contributed by atoms with E-state index in [4.69, 9.17) is 0 Å². The Morgan fingerprint density at radius 2 is 1.73 bits per heavy atom. The van der Waals surface area contributed by atoms with Crippen LogP contribution >= 0.6 is 0 Å². The van der Waals surface area contributed by atoms with Crippen molar-refractivity contribution in [3.63, 3.8) is 0 Å². The Hall–Kier alpha value is -3.85. The smallest absolute Gasteiger partial charge is 0.241 e. The molecule has 0 saturated carbocycles. The second kappa shape index (κ2) is 12.3. The average molecular weight is 570 g/mol. The van der Waals surface area contributed by atoms with Gasteiger partial charge in [-0.3, -0.25) is 9.78 Å². The molecule has 0 saturated heterocycles. The summed E-state index contributed by atoms with van der Waals surface area (Å²) in [5.74, 6) is -0.0659. The molecule has 1 heterocycles. The summed E-state index contributed by atoms with van der Waals surface area (Å²) in [7, 11) is -3.89. The van der Waals surface area contributed by atoms with E-state index >= 15 is 0 Å². The molecule has 5 rings (SSSR count). The van der Waals surface area contributed by atoms with Crippen LogP contribution in [-0.4, -0.2) is 30.5 Å². The predicted octanol–water partition coefficient (Wildman–Crippen LogP) is 5.06. The number of anilines is 1. The van der Waals surface area contributed by atoms with Gasteiger partial charge in [0.2, 0.25) is 15.9 Å². The predicted molar refractivity (Wildman–Crippen MR) is 160 cm³/mol. The second-order valence-electron chi connectivity index (χ2n) is 10.5. The summed E-state index contributed by atoms with van der Waals surface area (Å²) in [5, 5.41) is 10.9. The third-order valence-electron chi connectivity index (χ3n) is 7.55. The topological polar surface area (TPSA) is 99.6 Å². The normalized spacial score (nSPS) is 16.4. The Morgan fingerprint density at radius 1 is 0.976 bits per heavy atom. The first kappa shape index (κ1) is 28.7. The van der Waals surface area contributed by atoms with E-state index in [-0.39, 0.29) is 17.3 Å². The highest BCUT2D eigenvalue weighted by Gasteiger charge is 2.35. The molecule has 0 radical (unpaired) electrons. The van der Waals surface area contributed by atoms with Gasteiger partial charge in [-0.25, -0.2) is 13.1 Å². The summed E-state index contributed by atoms with van der Waals surface area (Å²) in [6.45, 7) is 4.20. The van der Waals surface area contributed by atoms with E-state index in [1.165, 1.54) is 0 Å². The van der Waals surface area contributed by atoms with Crippen LogP contribution in [0.4, 0.5) is 5.69 Å². The Balaban J connectivity index is 1.44. The fraction of sp³-hybridized carbons (Fsp3) is 0.273. The molecule has 4 aromatic rings. The zero-order valence-electron chi connectivity index (χ0n) is 23.3. The summed E-state index contributed by atoms with van der Waals surface area (Å²) in [6.07, 6.45) is 1.10. The van der Waals surface area contributed by atoms with Crippen LogP contribution in [0, 0.1) is 6.92 Å². The Morgan fingerprint density at radius 3 is 2.44 bits per heavy atom. The van der Waals surface area contributed by atoms with E-state index in [1.54, 1.807) is 29.2 Å². The fourth-order valence-corrected chi connectivity index (χ4v) is 6.51. The first-order valence-corrected chi connectivity index (χ1v) is 15.4. The highest BCUT2D eigenvalue weighted by Crippen LogP contribution is 2.36. The quantitative estimate of drug-likeness (QED) is 0.278. The minimum Gasteiger partial charge on any atom is -0.391 e. The van der Waals surface area contributed by atoms with Gasteiger partial charge in [-0.05, 0) is 78.4 Å². The molecule has 1 aromatic heterocycles. The zero-order chi connectivity index (χ0) is 29.0. The molecule has 41 heavy (non-hydrogen) atoms. The van der Waals surface area contributed by atoms with Crippen molar-refractivity contribution in [3.8, 4) is 0 Å². The number of fused-ring (bicyclic) bond motifs is 1. The number of nitrogens with one attached hydrogen (secondary N) is 1. The third-order valence-corrected chi connectivity index (χ3v) is 9.01. The van der Waals surface area contributed by atoms with Crippen LogP contribution in [0.5, 0.6) is 0 Å². The SMILES string of the molecule is CCc1ccc(S(=O)(=O)N[C@@H]2c3cc(N(Cc4cccc(C)n4)C(=O)CCc4ccccc4)ccc3C[C@H]2O)cc1. The lowest BCUT2D eigenvalue weighted by atomic mass is 10.1. The van der Waals surface area contributed by atoms with Crippen molar-refractivity contribution in [2.75, 3.05) is 4.90 Å². The maximum Gasteiger partial charge on any atom is 0.241 e. The number of carbonyl (C=O) groups is 1. The Labute approximate surface area is 241 Å². The molecule has 2 atom stereocenters. The molecule has 1 aliphatic rings. The molecule has 212 valence electrons. The number of nitrogens with zero attached hydrogens (tertiary/aromatic N) is 2. The van der Waals surface area contributed by atoms with Gasteiger partial charge in [0, 0.05) is 24.2 Å². The van der Waals surface area contributed by atoms with Gasteiger partial charge in [-0.15, -0.1) is 0 Å². The molecule has 0 aliphatic heterocycles. The lowest BCUT2D eigenvalue weighted by molar-refractivity contribution is -0.118. The van der Waals surface area contributed by atoms with Gasteiger partial charge in [-0.2, -0.15) is 0 Å². The number of aromatic nitrogens is 1. The van der Waals surface area contributed by atoms with Crippen molar-refractivity contribution in [2.24, 2.45) is 0 Å². The number of aryl methyl sites for hydroxylation is 3. The molecule has 0 fully saturated rings. The summed E-state index contributed by atoms with van der Waals surface area (Å²) < 4.78 is 29.3. The van der Waals surface area contributed by atoms with Gasteiger partial charge < -0.3 is 10.0 Å². The number of hydrogen-bond acceptors (Lipinski definition) is 5. The van der Waals surface area contributed by atoms with Crippen molar-refractivity contribution in [1.29, 1.82) is 0 Å². The monoisotopic (exact) mass is 569 g/mol. The molecule has 0 unspecified atom stereocenters. The summed E-state index contributed by atoms with van der Waals surface area (Å²) >= 11 is 0. The van der Waals surface area contributed by atoms with Gasteiger partial charge in [0.1, 0.15) is 0 Å². The minimum absolute atomic E-state index is 0.0659. The van der Waals surface area contributed by atoms with Gasteiger partial charge in [0.05, 0.1) is 29.3 Å². The Kier molecular flexibility index (Phi) is 8.63. The van der Waals surface area contributed by atoms with Gasteiger partial charge >= 0.3 is 0 Å². The van der Waals surface area contributed by atoms with Crippen LogP contribution < -0.4 is 9.62 Å². The number of hydrogen-bond donors (Lipinski definition) is 2. The number of amides is 1. The third kappa shape index (κ3) is 6.73. The lowest BCUT2D eigenvalue weighted by Crippen LogP contribution is -2.34. The highest BCUT2D eigenvalue weighted by molar-refractivity contribution is 7.89. The van der Waals surface area contributed by atoms with Crippen LogP contribution in [0.25, 0.3) is 0 Å². The highest BCUT2D eigenvalue weighted by atomic mass is 32.2. The molecule has 2 N–H and O–H groups in total. The van der Waals surface area contributed by atoms with Gasteiger partial charge in [-0.1, -0.05) is 61.5 Å². The summed E-state index contributed by atoms with van der Waals surface area (Å²) in [6, 6.07) is 27.1. The molecule has 1 aliphatic carbocycles. The van der Waals surface area contributed by atoms with Crippen LogP contribution in [0.3, 0.4) is 0 Å². The van der Waals surface area contributed by atoms with Gasteiger partial charge in [0.25, 0.3) is 0 Å². The van der Waals surface area contributed by atoms with Crippen LogP contribution in [-0.2, 0) is 40.6 Å². The van der Waals surface area contributed by atoms with Gasteiger partial charge in [0.15, 0.2) is 0 Å². The maximum absolute atomic E-state index is 13.7. The van der Waals surface area contributed by atoms with Crippen molar-refractivity contribution < 1.29 is 18.3 Å². The number of benzene rings is 3. The number of carbonyl (C=O) groups excluding carboxylic acids is 1. The van der Waals surface area contributed by atoms with E-state index in [0.717, 1.165) is 34.5 Å². The molecule has 0 spiro atoms. The molecule has 7 nitrogen and oxygen atoms in total. The molecule has 0 bridgehead atoms. The van der Waals surface area contributed by atoms with Crippen LogP contribution in [0.1, 0.15) is 53.0 Å². The first-order valence-electron chi connectivity index (χ1n) is 13.9. The van der Waals surface area contributed by atoms with Crippen LogP contribution in [0.2, 0.25) is 0 Å². The van der Waals surface area contributed by atoms with Crippen LogP contribution in [0.15, 0.2) is 95.9 Å². The molecule has 8 heteroatoms. The van der Waals surface area contributed by atoms with Crippen molar-refractivity contribution in [3.05, 3.63) is 125 Å². The number of pyridine rings is 1. The standard InChI is InChI=1S/C33H35N3O4S/c1-3-24-12-17-29(18-13-24)41(39,40)35-33-30-21-28(16-15-26(30)20-31(33)37)36(22-27-11-7-8-23(2)34-27)32(38)19-14-25-9-5-4-6-10-25/h4-13,15-18,21,31,33,35,37H,3,14,19-20,22H2,1-2H3/t31-,33-/m1/s1. The van der Waals surface area contributed by atoms with E-state index in [9.17, 15) is 18.3 Å². The van der Waals surface area contributed by atoms with Crippen molar-refractivity contribution in [2.45, 2.75) is 63.1 Å². The fourth-order valence-electron chi connectivity index (χ4n) is 5.26. The number of aliphatic hydroxyl groups is 1. The minimum atomic E-state index is -3.89. The molecular formula is C33H35N3O4S. The number of aliphatic hydroxyl groups excluding tert-OH is 1. The molecule has 3 aromatic carbocycles. The molecule has 1 amide bonds. The molecular weight excluding hydrogens is 534 g/mol. The zero-order valence-corrected chi connectivity index (χ0v) is 24.1. The largest absolute Gasteiger partial charge is 0.391 e. The van der Waals surface area contributed by atoms with E-state index in [1.807, 2.05) is 80.6 Å². The lowest BCUT2D eigenvalue weighted by Gasteiger charge is -2.25. The first-order chi connectivity index (χ1) is 19.7. The summed E-state index contributed by atoms with van der Waals surface area (Å²) in [5.41, 5.74) is 5.88. The summed E-state index contributed by atoms with van der Waals surface area (Å²) in [4.78, 5) is 20.1. The maximum atomic E-state index is 13.7. The number of sulfonamides is 1. The number of rotatable bonds is 10.